The van der Waals surface area contributed by atoms with Crippen LogP contribution in [0.25, 0.3) is 10.9 Å². The molecular formula is C22H20N4O3. The summed E-state index contributed by atoms with van der Waals surface area (Å²) in [7, 11) is 0. The van der Waals surface area contributed by atoms with Gasteiger partial charge in [0.2, 0.25) is 11.8 Å². The topological polar surface area (TPSA) is 91.4 Å². The van der Waals surface area contributed by atoms with Crippen molar-refractivity contribution in [3.05, 3.63) is 66.4 Å². The second-order valence-electron chi connectivity index (χ2n) is 6.81. The highest BCUT2D eigenvalue weighted by atomic mass is 16.2. The van der Waals surface area contributed by atoms with Gasteiger partial charge in [0, 0.05) is 35.8 Å². The average molecular weight is 388 g/mol. The SMILES string of the molecule is O=C(CNC(=O)c1ccc(N2CCCC2=O)cc1)Nc1cccc2cccnc12. The van der Waals surface area contributed by atoms with Gasteiger partial charge in [-0.05, 0) is 42.8 Å². The van der Waals surface area contributed by atoms with Crippen LogP contribution >= 0.6 is 0 Å². The molecule has 0 atom stereocenters. The fourth-order valence-corrected chi connectivity index (χ4v) is 3.38. The van der Waals surface area contributed by atoms with E-state index in [1.54, 1.807) is 41.4 Å². The molecule has 4 rings (SSSR count). The van der Waals surface area contributed by atoms with E-state index < -0.39 is 0 Å². The zero-order valence-corrected chi connectivity index (χ0v) is 15.7. The number of hydrogen-bond acceptors (Lipinski definition) is 4. The molecule has 7 nitrogen and oxygen atoms in total. The largest absolute Gasteiger partial charge is 0.343 e. The number of para-hydroxylation sites is 1. The molecule has 3 aromatic rings. The van der Waals surface area contributed by atoms with E-state index in [9.17, 15) is 14.4 Å². The van der Waals surface area contributed by atoms with Crippen LogP contribution in [0.2, 0.25) is 0 Å². The Hall–Kier alpha value is -3.74. The predicted molar refractivity (Wildman–Crippen MR) is 111 cm³/mol. The minimum absolute atomic E-state index is 0.0989. The number of anilines is 2. The molecule has 2 aromatic carbocycles. The van der Waals surface area contributed by atoms with Crippen molar-refractivity contribution < 1.29 is 14.4 Å². The van der Waals surface area contributed by atoms with E-state index in [4.69, 9.17) is 0 Å². The van der Waals surface area contributed by atoms with Crippen molar-refractivity contribution in [1.29, 1.82) is 0 Å². The zero-order chi connectivity index (χ0) is 20.2. The van der Waals surface area contributed by atoms with Crippen LogP contribution in [0, 0.1) is 0 Å². The second-order valence-corrected chi connectivity index (χ2v) is 6.81. The molecule has 0 spiro atoms. The summed E-state index contributed by atoms with van der Waals surface area (Å²) >= 11 is 0. The van der Waals surface area contributed by atoms with Gasteiger partial charge in [-0.3, -0.25) is 19.4 Å². The minimum atomic E-state index is -0.351. The molecule has 0 aliphatic carbocycles. The molecule has 1 aliphatic rings. The summed E-state index contributed by atoms with van der Waals surface area (Å²) < 4.78 is 0. The third-order valence-corrected chi connectivity index (χ3v) is 4.83. The van der Waals surface area contributed by atoms with Gasteiger partial charge in [-0.15, -0.1) is 0 Å². The summed E-state index contributed by atoms with van der Waals surface area (Å²) in [6, 6.07) is 16.1. The van der Waals surface area contributed by atoms with Gasteiger partial charge in [-0.25, -0.2) is 0 Å². The van der Waals surface area contributed by atoms with Crippen molar-refractivity contribution in [3.8, 4) is 0 Å². The predicted octanol–water partition coefficient (Wildman–Crippen LogP) is 2.73. The van der Waals surface area contributed by atoms with Crippen molar-refractivity contribution in [2.75, 3.05) is 23.3 Å². The van der Waals surface area contributed by atoms with Gasteiger partial charge in [0.05, 0.1) is 17.7 Å². The fraction of sp³-hybridized carbons (Fsp3) is 0.182. The van der Waals surface area contributed by atoms with E-state index in [1.807, 2.05) is 24.3 Å². The third kappa shape index (κ3) is 4.08. The summed E-state index contributed by atoms with van der Waals surface area (Å²) in [5, 5.41) is 6.32. The molecule has 1 saturated heterocycles. The number of benzene rings is 2. The number of carbonyl (C=O) groups is 3. The molecule has 0 saturated carbocycles. The van der Waals surface area contributed by atoms with Crippen LogP contribution in [-0.4, -0.2) is 35.8 Å². The first-order valence-corrected chi connectivity index (χ1v) is 9.44. The van der Waals surface area contributed by atoms with Gasteiger partial charge >= 0.3 is 0 Å². The second kappa shape index (κ2) is 8.10. The molecule has 2 N–H and O–H groups in total. The number of nitrogens with zero attached hydrogens (tertiary/aromatic N) is 2. The molecule has 0 bridgehead atoms. The van der Waals surface area contributed by atoms with Gasteiger partial charge in [-0.1, -0.05) is 18.2 Å². The van der Waals surface area contributed by atoms with Crippen LogP contribution in [-0.2, 0) is 9.59 Å². The maximum absolute atomic E-state index is 12.3. The number of fused-ring (bicyclic) bond motifs is 1. The Bertz CT molecular complexity index is 1070. The van der Waals surface area contributed by atoms with Gasteiger partial charge in [0.1, 0.15) is 0 Å². The van der Waals surface area contributed by atoms with E-state index in [-0.39, 0.29) is 24.3 Å². The first-order chi connectivity index (χ1) is 14.1. The summed E-state index contributed by atoms with van der Waals surface area (Å²) in [6.07, 6.45) is 3.07. The van der Waals surface area contributed by atoms with E-state index in [1.165, 1.54) is 0 Å². The first-order valence-electron chi connectivity index (χ1n) is 9.44. The van der Waals surface area contributed by atoms with Crippen molar-refractivity contribution >= 4 is 40.0 Å². The number of aromatic nitrogens is 1. The lowest BCUT2D eigenvalue weighted by atomic mass is 10.2. The maximum Gasteiger partial charge on any atom is 0.251 e. The van der Waals surface area contributed by atoms with Crippen LogP contribution in [0.3, 0.4) is 0 Å². The lowest BCUT2D eigenvalue weighted by Gasteiger charge is -2.15. The quantitative estimate of drug-likeness (QED) is 0.703. The number of hydrogen-bond donors (Lipinski definition) is 2. The third-order valence-electron chi connectivity index (χ3n) is 4.83. The van der Waals surface area contributed by atoms with E-state index in [0.717, 1.165) is 17.5 Å². The lowest BCUT2D eigenvalue weighted by Crippen LogP contribution is -2.33. The van der Waals surface area contributed by atoms with Crippen molar-refractivity contribution in [2.45, 2.75) is 12.8 Å². The number of nitrogens with one attached hydrogen (secondary N) is 2. The van der Waals surface area contributed by atoms with Gasteiger partial charge in [0.25, 0.3) is 5.91 Å². The molecular weight excluding hydrogens is 368 g/mol. The fourth-order valence-electron chi connectivity index (χ4n) is 3.38. The normalized spacial score (nSPS) is 13.5. The molecule has 0 unspecified atom stereocenters. The van der Waals surface area contributed by atoms with Gasteiger partial charge < -0.3 is 15.5 Å². The number of pyridine rings is 1. The van der Waals surface area contributed by atoms with Crippen LogP contribution in [0.4, 0.5) is 11.4 Å². The molecule has 0 radical (unpaired) electrons. The van der Waals surface area contributed by atoms with Crippen LogP contribution < -0.4 is 15.5 Å². The molecule has 7 heteroatoms. The monoisotopic (exact) mass is 388 g/mol. The highest BCUT2D eigenvalue weighted by Crippen LogP contribution is 2.22. The highest BCUT2D eigenvalue weighted by molar-refractivity contribution is 6.03. The Labute approximate surface area is 167 Å². The molecule has 3 amide bonds. The number of amides is 3. The van der Waals surface area contributed by atoms with Crippen LogP contribution in [0.5, 0.6) is 0 Å². The molecule has 1 aliphatic heterocycles. The Kier molecular flexibility index (Phi) is 5.20. The number of carbonyl (C=O) groups excluding carboxylic acids is 3. The van der Waals surface area contributed by atoms with Crippen molar-refractivity contribution in [2.24, 2.45) is 0 Å². The Morgan fingerprint density at radius 3 is 2.59 bits per heavy atom. The molecule has 29 heavy (non-hydrogen) atoms. The summed E-state index contributed by atoms with van der Waals surface area (Å²) in [5.41, 5.74) is 2.51. The smallest absolute Gasteiger partial charge is 0.251 e. The van der Waals surface area contributed by atoms with E-state index >= 15 is 0 Å². The minimum Gasteiger partial charge on any atom is -0.343 e. The van der Waals surface area contributed by atoms with Crippen LogP contribution in [0.1, 0.15) is 23.2 Å². The Balaban J connectivity index is 1.35. The van der Waals surface area contributed by atoms with Crippen LogP contribution in [0.15, 0.2) is 60.8 Å². The molecule has 2 heterocycles. The molecule has 146 valence electrons. The number of rotatable bonds is 5. The van der Waals surface area contributed by atoms with E-state index in [0.29, 0.717) is 29.7 Å². The Morgan fingerprint density at radius 2 is 1.83 bits per heavy atom. The summed E-state index contributed by atoms with van der Waals surface area (Å²) in [6.45, 7) is 0.544. The lowest BCUT2D eigenvalue weighted by molar-refractivity contribution is -0.117. The van der Waals surface area contributed by atoms with Crippen molar-refractivity contribution in [1.82, 2.24) is 10.3 Å². The molecule has 1 fully saturated rings. The average Bonchev–Trinajstić information content (AvgIpc) is 3.18. The molecule has 1 aromatic heterocycles. The van der Waals surface area contributed by atoms with Gasteiger partial charge in [0.15, 0.2) is 0 Å². The first kappa shape index (κ1) is 18.6. The summed E-state index contributed by atoms with van der Waals surface area (Å²) in [5.74, 6) is -0.590. The van der Waals surface area contributed by atoms with Gasteiger partial charge in [-0.2, -0.15) is 0 Å². The van der Waals surface area contributed by atoms with Crippen molar-refractivity contribution in [3.63, 3.8) is 0 Å². The maximum atomic E-state index is 12.3. The van der Waals surface area contributed by atoms with E-state index in [2.05, 4.69) is 15.6 Å². The standard InChI is InChI=1S/C22H20N4O3/c27-19(25-18-6-1-4-15-5-2-12-23-21(15)18)14-24-22(29)16-8-10-17(11-9-16)26-13-3-7-20(26)28/h1-2,4-6,8-12H,3,7,13-14H2,(H,24,29)(H,25,27). The summed E-state index contributed by atoms with van der Waals surface area (Å²) in [4.78, 5) is 42.4. The zero-order valence-electron chi connectivity index (χ0n) is 15.7. The highest BCUT2D eigenvalue weighted by Gasteiger charge is 2.21. The Morgan fingerprint density at radius 1 is 1.03 bits per heavy atom.